The maximum absolute atomic E-state index is 11.9. The Bertz CT molecular complexity index is 632. The smallest absolute Gasteiger partial charge is 0.399 e. The molecule has 7 heteroatoms. The average Bonchev–Trinajstić information content (AvgIpc) is 2.66. The number of H-pyrrole nitrogens is 1. The number of nitrogens with one attached hydrogen (secondary N) is 1. The van der Waals surface area contributed by atoms with Crippen LogP contribution >= 0.6 is 11.8 Å². The zero-order valence-electron chi connectivity index (χ0n) is 9.67. The van der Waals surface area contributed by atoms with Crippen LogP contribution < -0.4 is 16.0 Å². The number of carbonyl (C=O) groups excluding carboxylic acids is 1. The van der Waals surface area contributed by atoms with E-state index in [1.54, 1.807) is 19.2 Å². The molecular weight excluding hydrogens is 254 g/mol. The molecule has 0 radical (unpaired) electrons. The van der Waals surface area contributed by atoms with Crippen LogP contribution in [0.25, 0.3) is 0 Å². The molecule has 0 unspecified atom stereocenters. The Morgan fingerprint density at radius 2 is 2.33 bits per heavy atom. The number of hydrogen-bond donors (Lipinski definition) is 2. The number of rotatable bonds is 4. The molecule has 0 aliphatic carbocycles. The molecule has 18 heavy (non-hydrogen) atoms. The molecule has 94 valence electrons. The van der Waals surface area contributed by atoms with Crippen LogP contribution in [0.1, 0.15) is 10.5 Å². The minimum absolute atomic E-state index is 0.00593. The fraction of sp³-hybridized carbons (Fsp3) is 0.182. The molecule has 1 aromatic heterocycles. The number of carbonyl (C=O) groups is 1. The van der Waals surface area contributed by atoms with Crippen LogP contribution in [0.5, 0.6) is 0 Å². The molecule has 0 atom stereocenters. The van der Waals surface area contributed by atoms with Gasteiger partial charge in [0.1, 0.15) is 0 Å². The van der Waals surface area contributed by atoms with Crippen LogP contribution in [0.4, 0.5) is 5.69 Å². The summed E-state index contributed by atoms with van der Waals surface area (Å²) in [5, 5.41) is 2.30. The van der Waals surface area contributed by atoms with Gasteiger partial charge in [0.2, 0.25) is 5.78 Å². The van der Waals surface area contributed by atoms with Gasteiger partial charge in [0, 0.05) is 10.6 Å². The average molecular weight is 266 g/mol. The van der Waals surface area contributed by atoms with Crippen molar-refractivity contribution >= 4 is 23.2 Å². The number of nitrogens with zero attached hydrogens (tertiary/aromatic N) is 1. The van der Waals surface area contributed by atoms with Gasteiger partial charge in [-0.3, -0.25) is 9.32 Å². The molecule has 2 rings (SSSR count). The number of aromatic nitrogens is 2. The highest BCUT2D eigenvalue weighted by Crippen LogP contribution is 2.20. The summed E-state index contributed by atoms with van der Waals surface area (Å²) in [5.41, 5.74) is 5.62. The second-order valence-electron chi connectivity index (χ2n) is 3.67. The summed E-state index contributed by atoms with van der Waals surface area (Å²) in [4.78, 5) is 24.0. The van der Waals surface area contributed by atoms with Gasteiger partial charge in [-0.05, 0) is 23.5 Å². The molecule has 0 saturated carbocycles. The molecule has 6 nitrogen and oxygen atoms in total. The third-order valence-electron chi connectivity index (χ3n) is 2.30. The quantitative estimate of drug-likeness (QED) is 0.360. The lowest BCUT2D eigenvalue weighted by Crippen LogP contribution is -2.39. The van der Waals surface area contributed by atoms with Crippen LogP contribution in [-0.2, 0) is 7.05 Å². The van der Waals surface area contributed by atoms with Crippen LogP contribution in [0, 0.1) is 0 Å². The number of aromatic amines is 1. The van der Waals surface area contributed by atoms with Gasteiger partial charge in [-0.15, -0.1) is 11.8 Å². The Balaban J connectivity index is 2.07. The van der Waals surface area contributed by atoms with Crippen LogP contribution in [0.3, 0.4) is 0 Å². The van der Waals surface area contributed by atoms with E-state index in [-0.39, 0.29) is 17.2 Å². The number of ketones is 1. The molecule has 0 bridgehead atoms. The first-order chi connectivity index (χ1) is 8.58. The number of benzene rings is 1. The molecule has 0 aliphatic rings. The summed E-state index contributed by atoms with van der Waals surface area (Å²) in [6.45, 7) is 0. The van der Waals surface area contributed by atoms with Crippen LogP contribution in [0.15, 0.2) is 38.5 Å². The SMILES string of the molecule is C[n+]1[nH]oc(=O)c1C(=O)CSc1cccc(N)c1. The van der Waals surface area contributed by atoms with E-state index in [4.69, 9.17) is 5.73 Å². The second kappa shape index (κ2) is 5.09. The first-order valence-corrected chi connectivity index (χ1v) is 6.15. The second-order valence-corrected chi connectivity index (χ2v) is 4.72. The maximum Gasteiger partial charge on any atom is 0.438 e. The Kier molecular flexibility index (Phi) is 3.52. The molecule has 0 amide bonds. The number of nitrogens with two attached hydrogens (primary N) is 1. The Hall–Kier alpha value is -2.02. The summed E-state index contributed by atoms with van der Waals surface area (Å²) in [6, 6.07) is 7.21. The van der Waals surface area contributed by atoms with E-state index in [1.165, 1.54) is 16.4 Å². The third-order valence-corrected chi connectivity index (χ3v) is 3.29. The molecule has 0 aliphatic heterocycles. The first-order valence-electron chi connectivity index (χ1n) is 5.17. The summed E-state index contributed by atoms with van der Waals surface area (Å²) >= 11 is 1.32. The molecule has 3 N–H and O–H groups in total. The monoisotopic (exact) mass is 266 g/mol. The van der Waals surface area contributed by atoms with E-state index in [0.717, 1.165) is 4.90 Å². The van der Waals surface area contributed by atoms with Crippen molar-refractivity contribution in [2.75, 3.05) is 11.5 Å². The van der Waals surface area contributed by atoms with Crippen molar-refractivity contribution in [1.29, 1.82) is 0 Å². The first kappa shape index (κ1) is 12.4. The lowest BCUT2D eigenvalue weighted by Gasteiger charge is -1.99. The summed E-state index contributed by atoms with van der Waals surface area (Å²) in [7, 11) is 1.54. The number of hydrogen-bond acceptors (Lipinski definition) is 5. The number of nitrogen functional groups attached to an aromatic ring is 1. The molecule has 0 saturated heterocycles. The van der Waals surface area contributed by atoms with Crippen molar-refractivity contribution in [1.82, 2.24) is 5.27 Å². The largest absolute Gasteiger partial charge is 0.438 e. The molecule has 2 aromatic rings. The van der Waals surface area contributed by atoms with Gasteiger partial charge in [-0.2, -0.15) is 0 Å². The number of thioether (sulfide) groups is 1. The minimum atomic E-state index is -0.657. The van der Waals surface area contributed by atoms with E-state index in [1.807, 2.05) is 12.1 Å². The van der Waals surface area contributed by atoms with Crippen molar-refractivity contribution in [2.45, 2.75) is 4.90 Å². The van der Waals surface area contributed by atoms with Crippen molar-refractivity contribution in [3.05, 3.63) is 40.4 Å². The van der Waals surface area contributed by atoms with E-state index in [2.05, 4.69) is 9.79 Å². The number of aryl methyl sites for hydroxylation is 1. The number of anilines is 1. The molecule has 0 fully saturated rings. The van der Waals surface area contributed by atoms with E-state index in [0.29, 0.717) is 5.69 Å². The normalized spacial score (nSPS) is 10.5. The Morgan fingerprint density at radius 3 is 2.94 bits per heavy atom. The predicted octanol–water partition coefficient (Wildman–Crippen LogP) is 0.350. The predicted molar refractivity (Wildman–Crippen MR) is 66.4 cm³/mol. The van der Waals surface area contributed by atoms with Gasteiger partial charge < -0.3 is 5.73 Å². The van der Waals surface area contributed by atoms with Gasteiger partial charge in [-0.25, -0.2) is 4.79 Å². The van der Waals surface area contributed by atoms with E-state index < -0.39 is 5.63 Å². The van der Waals surface area contributed by atoms with Crippen molar-refractivity contribution in [2.24, 2.45) is 7.05 Å². The maximum atomic E-state index is 11.9. The van der Waals surface area contributed by atoms with Gasteiger partial charge >= 0.3 is 11.3 Å². The molecule has 1 heterocycles. The lowest BCUT2D eigenvalue weighted by atomic mass is 10.3. The van der Waals surface area contributed by atoms with Crippen molar-refractivity contribution in [3.63, 3.8) is 0 Å². The van der Waals surface area contributed by atoms with Crippen LogP contribution in [-0.4, -0.2) is 16.8 Å². The Morgan fingerprint density at radius 1 is 1.56 bits per heavy atom. The van der Waals surface area contributed by atoms with E-state index >= 15 is 0 Å². The van der Waals surface area contributed by atoms with Crippen LogP contribution in [0.2, 0.25) is 0 Å². The highest BCUT2D eigenvalue weighted by atomic mass is 32.2. The highest BCUT2D eigenvalue weighted by molar-refractivity contribution is 8.00. The Labute approximate surface area is 107 Å². The summed E-state index contributed by atoms with van der Waals surface area (Å²) < 4.78 is 5.79. The van der Waals surface area contributed by atoms with Crippen molar-refractivity contribution in [3.8, 4) is 0 Å². The fourth-order valence-electron chi connectivity index (χ4n) is 1.46. The number of Topliss-reactive ketones (excluding diaryl/α,β-unsaturated/α-hetero) is 1. The zero-order chi connectivity index (χ0) is 13.1. The van der Waals surface area contributed by atoms with Gasteiger partial charge in [-0.1, -0.05) is 10.7 Å². The summed E-state index contributed by atoms with van der Waals surface area (Å²) in [6.07, 6.45) is 0. The third kappa shape index (κ3) is 2.62. The summed E-state index contributed by atoms with van der Waals surface area (Å²) in [5.74, 6) is -0.139. The topological polar surface area (TPSA) is 93.0 Å². The van der Waals surface area contributed by atoms with Crippen molar-refractivity contribution < 1.29 is 14.0 Å². The van der Waals surface area contributed by atoms with Gasteiger partial charge in [0.25, 0.3) is 0 Å². The van der Waals surface area contributed by atoms with Gasteiger partial charge in [0.05, 0.1) is 5.75 Å². The van der Waals surface area contributed by atoms with E-state index in [9.17, 15) is 9.59 Å². The molecular formula is C11H12N3O3S+. The standard InChI is InChI=1S/C11H11N3O3S/c1-14-10(11(16)17-13-14)9(15)6-18-8-4-2-3-7(12)5-8/h2-5H,6,12H2,1H3/p+1. The van der Waals surface area contributed by atoms with Gasteiger partial charge in [0.15, 0.2) is 7.05 Å². The lowest BCUT2D eigenvalue weighted by molar-refractivity contribution is -0.741. The fourth-order valence-corrected chi connectivity index (χ4v) is 2.29. The zero-order valence-corrected chi connectivity index (χ0v) is 10.5. The molecule has 0 spiro atoms. The molecule has 1 aromatic carbocycles. The highest BCUT2D eigenvalue weighted by Gasteiger charge is 2.25. The minimum Gasteiger partial charge on any atom is -0.399 e.